The van der Waals surface area contributed by atoms with Crippen LogP contribution in [-0.2, 0) is 4.84 Å². The molecule has 1 aromatic rings. The van der Waals surface area contributed by atoms with Crippen molar-refractivity contribution >= 4 is 19.1 Å². The van der Waals surface area contributed by atoms with Crippen molar-refractivity contribution in [2.45, 2.75) is 6.10 Å². The normalized spacial score (nSPS) is 10.4. The van der Waals surface area contributed by atoms with Crippen molar-refractivity contribution in [2.24, 2.45) is 5.16 Å². The Kier molecular flexibility index (Phi) is 5.42. The van der Waals surface area contributed by atoms with E-state index in [1.165, 1.54) is 0 Å². The Hall–Kier alpha value is -1.46. The van der Waals surface area contributed by atoms with E-state index in [2.05, 4.69) is 17.8 Å². The van der Waals surface area contributed by atoms with Gasteiger partial charge >= 0.3 is 0 Å². The van der Waals surface area contributed by atoms with Gasteiger partial charge in [-0.1, -0.05) is 36.3 Å². The molecule has 3 heteroatoms. The fraction of sp³-hybridized carbons (Fsp3) is 0.100. The lowest BCUT2D eigenvalue weighted by Gasteiger charge is -2.07. The third-order valence-electron chi connectivity index (χ3n) is 1.43. The molecule has 13 heavy (non-hydrogen) atoms. The lowest BCUT2D eigenvalue weighted by molar-refractivity contribution is 0.102. The summed E-state index contributed by atoms with van der Waals surface area (Å²) in [6, 6.07) is 9.47. The van der Waals surface area contributed by atoms with E-state index in [0.717, 1.165) is 5.56 Å². The quantitative estimate of drug-likeness (QED) is 0.412. The summed E-state index contributed by atoms with van der Waals surface area (Å²) in [5.41, 5.74) is 0.910. The van der Waals surface area contributed by atoms with Crippen molar-refractivity contribution in [3.63, 3.8) is 0 Å². The average Bonchev–Trinajstić information content (AvgIpc) is 2.15. The zero-order valence-electron chi connectivity index (χ0n) is 7.01. The molecule has 0 aliphatic carbocycles. The van der Waals surface area contributed by atoms with Gasteiger partial charge in [0.2, 0.25) is 6.10 Å². The van der Waals surface area contributed by atoms with Gasteiger partial charge in [0, 0.05) is 12.3 Å². The van der Waals surface area contributed by atoms with Crippen LogP contribution in [0, 0.1) is 12.3 Å². The van der Waals surface area contributed by atoms with Crippen LogP contribution in [0.4, 0.5) is 0 Å². The molecule has 0 unspecified atom stereocenters. The molecule has 0 amide bonds. The van der Waals surface area contributed by atoms with Crippen LogP contribution in [0.15, 0.2) is 35.5 Å². The maximum absolute atomic E-state index is 5.23. The Balaban J connectivity index is 0.00000144. The van der Waals surface area contributed by atoms with Crippen LogP contribution in [0.2, 0.25) is 0 Å². The van der Waals surface area contributed by atoms with Crippen LogP contribution in [0.3, 0.4) is 0 Å². The van der Waals surface area contributed by atoms with Crippen LogP contribution in [0.5, 0.6) is 0 Å². The molecular formula is C10H10ClNO. The Morgan fingerprint density at radius 3 is 2.46 bits per heavy atom. The molecule has 0 N–H and O–H groups in total. The fourth-order valence-corrected chi connectivity index (χ4v) is 0.890. The van der Waals surface area contributed by atoms with Gasteiger partial charge in [-0.05, 0) is 0 Å². The first-order chi connectivity index (χ1) is 5.88. The van der Waals surface area contributed by atoms with Gasteiger partial charge in [-0.15, -0.1) is 24.0 Å². The van der Waals surface area contributed by atoms with Gasteiger partial charge in [-0.3, -0.25) is 0 Å². The van der Waals surface area contributed by atoms with Crippen molar-refractivity contribution in [2.75, 3.05) is 0 Å². The number of rotatable bonds is 3. The maximum Gasteiger partial charge on any atom is 0.212 e. The van der Waals surface area contributed by atoms with Gasteiger partial charge in [-0.2, -0.15) is 0 Å². The van der Waals surface area contributed by atoms with Crippen molar-refractivity contribution in [1.29, 1.82) is 0 Å². The topological polar surface area (TPSA) is 21.6 Å². The van der Waals surface area contributed by atoms with Crippen molar-refractivity contribution in [3.05, 3.63) is 35.9 Å². The van der Waals surface area contributed by atoms with Crippen molar-refractivity contribution in [1.82, 2.24) is 0 Å². The number of halogens is 1. The molecular weight excluding hydrogens is 186 g/mol. The molecule has 0 aromatic heterocycles. The first-order valence-electron chi connectivity index (χ1n) is 3.51. The third kappa shape index (κ3) is 3.18. The Labute approximate surface area is 84.0 Å². The van der Waals surface area contributed by atoms with Crippen LogP contribution < -0.4 is 0 Å². The molecule has 1 rings (SSSR count). The highest BCUT2D eigenvalue weighted by Gasteiger charge is 2.06. The van der Waals surface area contributed by atoms with Gasteiger partial charge in [0.15, 0.2) is 0 Å². The summed E-state index contributed by atoms with van der Waals surface area (Å²) in [4.78, 5) is 4.85. The third-order valence-corrected chi connectivity index (χ3v) is 1.43. The van der Waals surface area contributed by atoms with Crippen LogP contribution >= 0.6 is 12.4 Å². The summed E-state index contributed by atoms with van der Waals surface area (Å²) in [5.74, 6) is 2.46. The second kappa shape index (κ2) is 6.10. The monoisotopic (exact) mass is 195 g/mol. The Bertz CT molecular complexity index is 292. The largest absolute Gasteiger partial charge is 0.375 e. The summed E-state index contributed by atoms with van der Waals surface area (Å²) in [6.07, 6.45) is 4.80. The molecule has 0 aliphatic heterocycles. The maximum atomic E-state index is 5.23. The number of terminal acetylenes is 1. The van der Waals surface area contributed by atoms with E-state index < -0.39 is 6.10 Å². The molecule has 0 spiro atoms. The molecule has 0 bridgehead atoms. The van der Waals surface area contributed by atoms with Crippen LogP contribution in [-0.4, -0.2) is 6.72 Å². The smallest absolute Gasteiger partial charge is 0.212 e. The predicted molar refractivity (Wildman–Crippen MR) is 55.9 cm³/mol. The van der Waals surface area contributed by atoms with E-state index >= 15 is 0 Å². The highest BCUT2D eigenvalue weighted by atomic mass is 35.5. The minimum atomic E-state index is -0.427. The Morgan fingerprint density at radius 1 is 1.38 bits per heavy atom. The second-order valence-electron chi connectivity index (χ2n) is 2.19. The molecule has 68 valence electrons. The Morgan fingerprint density at radius 2 is 2.00 bits per heavy atom. The van der Waals surface area contributed by atoms with E-state index in [0.29, 0.717) is 0 Å². The van der Waals surface area contributed by atoms with Crippen LogP contribution in [0.1, 0.15) is 11.7 Å². The summed E-state index contributed by atoms with van der Waals surface area (Å²) in [5, 5.41) is 3.29. The molecule has 2 nitrogen and oxygen atoms in total. The van der Waals surface area contributed by atoms with Crippen molar-refractivity contribution in [3.8, 4) is 12.3 Å². The van der Waals surface area contributed by atoms with E-state index in [1.807, 2.05) is 30.3 Å². The summed E-state index contributed by atoms with van der Waals surface area (Å²) in [7, 11) is 0. The average molecular weight is 196 g/mol. The zero-order valence-corrected chi connectivity index (χ0v) is 7.83. The SMILES string of the molecule is C#C[C@@H](ON=C)c1ccccc1.Cl. The van der Waals surface area contributed by atoms with Gasteiger partial charge in [-0.25, -0.2) is 0 Å². The standard InChI is InChI=1S/C10H9NO.ClH/c1-3-10(12-11-2)9-7-5-4-6-8-9;/h1,4-8,10H,2H2;1H/t10-;/m1./s1. The molecule has 0 aliphatic rings. The molecule has 0 saturated heterocycles. The molecule has 0 fully saturated rings. The van der Waals surface area contributed by atoms with Crippen LogP contribution in [0.25, 0.3) is 0 Å². The molecule has 0 radical (unpaired) electrons. The molecule has 1 aromatic carbocycles. The fourth-order valence-electron chi connectivity index (χ4n) is 0.890. The molecule has 0 heterocycles. The lowest BCUT2D eigenvalue weighted by atomic mass is 10.1. The van der Waals surface area contributed by atoms with Gasteiger partial charge in [0.25, 0.3) is 0 Å². The van der Waals surface area contributed by atoms with Gasteiger partial charge in [0.1, 0.15) is 0 Å². The molecule has 0 saturated carbocycles. The van der Waals surface area contributed by atoms with E-state index in [1.54, 1.807) is 0 Å². The highest BCUT2D eigenvalue weighted by Crippen LogP contribution is 2.15. The predicted octanol–water partition coefficient (Wildman–Crippen LogP) is 2.41. The summed E-state index contributed by atoms with van der Waals surface area (Å²) in [6.45, 7) is 3.21. The summed E-state index contributed by atoms with van der Waals surface area (Å²) < 4.78 is 0. The second-order valence-corrected chi connectivity index (χ2v) is 2.19. The highest BCUT2D eigenvalue weighted by molar-refractivity contribution is 5.85. The number of benzene rings is 1. The molecule has 1 atom stereocenters. The van der Waals surface area contributed by atoms with Crippen molar-refractivity contribution < 1.29 is 4.84 Å². The minimum absolute atomic E-state index is 0. The first kappa shape index (κ1) is 11.5. The van der Waals surface area contributed by atoms with E-state index in [-0.39, 0.29) is 12.4 Å². The van der Waals surface area contributed by atoms with Gasteiger partial charge < -0.3 is 4.84 Å². The lowest BCUT2D eigenvalue weighted by Crippen LogP contribution is -1.96. The van der Waals surface area contributed by atoms with E-state index in [9.17, 15) is 0 Å². The first-order valence-corrected chi connectivity index (χ1v) is 3.51. The number of oxime groups is 1. The minimum Gasteiger partial charge on any atom is -0.375 e. The number of hydrogen-bond donors (Lipinski definition) is 0. The zero-order chi connectivity index (χ0) is 8.81. The summed E-state index contributed by atoms with van der Waals surface area (Å²) >= 11 is 0. The van der Waals surface area contributed by atoms with E-state index in [4.69, 9.17) is 11.3 Å². The number of hydrogen-bond acceptors (Lipinski definition) is 2. The van der Waals surface area contributed by atoms with Gasteiger partial charge in [0.05, 0.1) is 0 Å². The number of nitrogens with zero attached hydrogens (tertiary/aromatic N) is 1.